The summed E-state index contributed by atoms with van der Waals surface area (Å²) in [6, 6.07) is 8.25. The van der Waals surface area contributed by atoms with Crippen LogP contribution in [0.3, 0.4) is 0 Å². The maximum absolute atomic E-state index is 6.20. The molecule has 0 aliphatic carbocycles. The van der Waals surface area contributed by atoms with Gasteiger partial charge in [0.05, 0.1) is 6.04 Å². The van der Waals surface area contributed by atoms with E-state index in [4.69, 9.17) is 5.73 Å². The van der Waals surface area contributed by atoms with Crippen LogP contribution in [0, 0.1) is 3.57 Å². The molecule has 0 amide bonds. The van der Waals surface area contributed by atoms with Crippen molar-refractivity contribution in [2.45, 2.75) is 6.04 Å². The van der Waals surface area contributed by atoms with E-state index in [2.05, 4.69) is 67.5 Å². The highest BCUT2D eigenvalue weighted by atomic mass is 127. The third-order valence-electron chi connectivity index (χ3n) is 2.19. The van der Waals surface area contributed by atoms with E-state index in [1.54, 1.807) is 11.3 Å². The average molecular weight is 394 g/mol. The average Bonchev–Trinajstić information content (AvgIpc) is 2.63. The molecule has 0 bridgehead atoms. The van der Waals surface area contributed by atoms with Crippen LogP contribution < -0.4 is 5.73 Å². The van der Waals surface area contributed by atoms with E-state index in [1.807, 2.05) is 6.07 Å². The third-order valence-corrected chi connectivity index (χ3v) is 4.61. The molecule has 0 spiro atoms. The molecule has 1 aromatic carbocycles. The molecular formula is C11H9BrINS. The van der Waals surface area contributed by atoms with Crippen LogP contribution in [0.25, 0.3) is 0 Å². The number of thiophene rings is 1. The minimum atomic E-state index is -0.0414. The summed E-state index contributed by atoms with van der Waals surface area (Å²) in [6.07, 6.45) is 0. The van der Waals surface area contributed by atoms with Crippen molar-refractivity contribution in [1.29, 1.82) is 0 Å². The molecule has 2 rings (SSSR count). The van der Waals surface area contributed by atoms with Crippen LogP contribution in [0.15, 0.2) is 39.5 Å². The van der Waals surface area contributed by atoms with Crippen molar-refractivity contribution in [2.24, 2.45) is 5.73 Å². The minimum absolute atomic E-state index is 0.0414. The molecule has 0 radical (unpaired) electrons. The molecule has 1 unspecified atom stereocenters. The van der Waals surface area contributed by atoms with Crippen LogP contribution in [0.5, 0.6) is 0 Å². The zero-order chi connectivity index (χ0) is 10.8. The van der Waals surface area contributed by atoms with Gasteiger partial charge in [-0.1, -0.05) is 12.1 Å². The van der Waals surface area contributed by atoms with Gasteiger partial charge in [-0.05, 0) is 67.2 Å². The van der Waals surface area contributed by atoms with Gasteiger partial charge in [-0.3, -0.25) is 0 Å². The molecule has 0 saturated carbocycles. The summed E-state index contributed by atoms with van der Waals surface area (Å²) < 4.78 is 2.31. The van der Waals surface area contributed by atoms with Gasteiger partial charge in [0.1, 0.15) is 0 Å². The van der Waals surface area contributed by atoms with Crippen LogP contribution >= 0.6 is 49.9 Å². The number of hydrogen-bond donors (Lipinski definition) is 1. The molecule has 4 heteroatoms. The zero-order valence-electron chi connectivity index (χ0n) is 7.78. The second kappa shape index (κ2) is 4.95. The Kier molecular flexibility index (Phi) is 3.82. The molecule has 2 aromatic rings. The lowest BCUT2D eigenvalue weighted by Crippen LogP contribution is -2.11. The van der Waals surface area contributed by atoms with Gasteiger partial charge >= 0.3 is 0 Å². The number of hydrogen-bond acceptors (Lipinski definition) is 2. The predicted octanol–water partition coefficient (Wildman–Crippen LogP) is 4.16. The van der Waals surface area contributed by atoms with Gasteiger partial charge in [0.25, 0.3) is 0 Å². The Labute approximate surface area is 115 Å². The molecule has 0 saturated heterocycles. The van der Waals surface area contributed by atoms with Crippen LogP contribution in [0.1, 0.15) is 17.2 Å². The lowest BCUT2D eigenvalue weighted by Gasteiger charge is -2.11. The Hall–Kier alpha value is 0.0900. The summed E-state index contributed by atoms with van der Waals surface area (Å²) in [6.45, 7) is 0. The second-order valence-electron chi connectivity index (χ2n) is 3.21. The van der Waals surface area contributed by atoms with Crippen molar-refractivity contribution in [3.8, 4) is 0 Å². The topological polar surface area (TPSA) is 26.0 Å². The molecule has 0 aliphatic heterocycles. The normalized spacial score (nSPS) is 12.7. The van der Waals surface area contributed by atoms with Crippen molar-refractivity contribution in [1.82, 2.24) is 0 Å². The van der Waals surface area contributed by atoms with Gasteiger partial charge in [-0.2, -0.15) is 11.3 Å². The standard InChI is InChI=1S/C11H9BrINS/c12-10-6-15-5-9(10)11(14)7-2-1-3-8(13)4-7/h1-6,11H,14H2. The first-order valence-electron chi connectivity index (χ1n) is 4.41. The zero-order valence-corrected chi connectivity index (χ0v) is 12.3. The van der Waals surface area contributed by atoms with E-state index in [9.17, 15) is 0 Å². The number of benzene rings is 1. The number of halogens is 2. The van der Waals surface area contributed by atoms with E-state index in [0.29, 0.717) is 0 Å². The van der Waals surface area contributed by atoms with Gasteiger partial charge in [-0.25, -0.2) is 0 Å². The third kappa shape index (κ3) is 2.61. The molecule has 1 nitrogen and oxygen atoms in total. The molecule has 1 aromatic heterocycles. The monoisotopic (exact) mass is 393 g/mol. The lowest BCUT2D eigenvalue weighted by atomic mass is 10.0. The summed E-state index contributed by atoms with van der Waals surface area (Å²) in [5.41, 5.74) is 8.51. The van der Waals surface area contributed by atoms with Crippen LogP contribution in [-0.4, -0.2) is 0 Å². The fourth-order valence-corrected chi connectivity index (χ4v) is 3.54. The predicted molar refractivity (Wildman–Crippen MR) is 77.2 cm³/mol. The van der Waals surface area contributed by atoms with Gasteiger partial charge < -0.3 is 5.73 Å². The molecule has 2 N–H and O–H groups in total. The first kappa shape index (κ1) is 11.6. The van der Waals surface area contributed by atoms with E-state index in [0.717, 1.165) is 15.6 Å². The van der Waals surface area contributed by atoms with E-state index in [1.165, 1.54) is 3.57 Å². The lowest BCUT2D eigenvalue weighted by molar-refractivity contribution is 0.871. The molecule has 1 heterocycles. The summed E-state index contributed by atoms with van der Waals surface area (Å²) in [4.78, 5) is 0. The second-order valence-corrected chi connectivity index (χ2v) is 6.05. The Bertz CT molecular complexity index is 469. The molecule has 15 heavy (non-hydrogen) atoms. The van der Waals surface area contributed by atoms with Gasteiger partial charge in [0.15, 0.2) is 0 Å². The van der Waals surface area contributed by atoms with Crippen molar-refractivity contribution < 1.29 is 0 Å². The van der Waals surface area contributed by atoms with E-state index < -0.39 is 0 Å². The minimum Gasteiger partial charge on any atom is -0.320 e. The Balaban J connectivity index is 2.36. The Morgan fingerprint density at radius 1 is 1.33 bits per heavy atom. The highest BCUT2D eigenvalue weighted by molar-refractivity contribution is 14.1. The van der Waals surface area contributed by atoms with Crippen molar-refractivity contribution in [2.75, 3.05) is 0 Å². The first-order chi connectivity index (χ1) is 7.18. The van der Waals surface area contributed by atoms with Crippen molar-refractivity contribution in [3.05, 3.63) is 54.2 Å². The quantitative estimate of drug-likeness (QED) is 0.761. The SMILES string of the molecule is NC(c1cccc(I)c1)c1cscc1Br. The molecular weight excluding hydrogens is 385 g/mol. The van der Waals surface area contributed by atoms with Gasteiger partial charge in [0.2, 0.25) is 0 Å². The molecule has 0 aliphatic rings. The fourth-order valence-electron chi connectivity index (χ4n) is 1.39. The summed E-state index contributed by atoms with van der Waals surface area (Å²) >= 11 is 7.48. The maximum Gasteiger partial charge on any atom is 0.0571 e. The highest BCUT2D eigenvalue weighted by Crippen LogP contribution is 2.30. The van der Waals surface area contributed by atoms with Crippen LogP contribution in [-0.2, 0) is 0 Å². The summed E-state index contributed by atoms with van der Waals surface area (Å²) in [5, 5.41) is 4.15. The molecule has 78 valence electrons. The summed E-state index contributed by atoms with van der Waals surface area (Å²) in [5.74, 6) is 0. The largest absolute Gasteiger partial charge is 0.320 e. The fraction of sp³-hybridized carbons (Fsp3) is 0.0909. The van der Waals surface area contributed by atoms with Gasteiger partial charge in [0, 0.05) is 13.4 Å². The number of nitrogens with two attached hydrogens (primary N) is 1. The molecule has 0 fully saturated rings. The summed E-state index contributed by atoms with van der Waals surface area (Å²) in [7, 11) is 0. The molecule has 1 atom stereocenters. The highest BCUT2D eigenvalue weighted by Gasteiger charge is 2.12. The van der Waals surface area contributed by atoms with Crippen molar-refractivity contribution >= 4 is 49.9 Å². The Morgan fingerprint density at radius 3 is 2.73 bits per heavy atom. The number of rotatable bonds is 2. The van der Waals surface area contributed by atoms with Crippen LogP contribution in [0.4, 0.5) is 0 Å². The van der Waals surface area contributed by atoms with E-state index >= 15 is 0 Å². The van der Waals surface area contributed by atoms with E-state index in [-0.39, 0.29) is 6.04 Å². The van der Waals surface area contributed by atoms with Gasteiger partial charge in [-0.15, -0.1) is 0 Å². The van der Waals surface area contributed by atoms with Crippen LogP contribution in [0.2, 0.25) is 0 Å². The maximum atomic E-state index is 6.20. The van der Waals surface area contributed by atoms with Crippen molar-refractivity contribution in [3.63, 3.8) is 0 Å². The Morgan fingerprint density at radius 2 is 2.13 bits per heavy atom. The first-order valence-corrected chi connectivity index (χ1v) is 7.22. The smallest absolute Gasteiger partial charge is 0.0571 e.